The van der Waals surface area contributed by atoms with E-state index in [0.29, 0.717) is 19.6 Å². The second-order valence-corrected chi connectivity index (χ2v) is 5.43. The van der Waals surface area contributed by atoms with Gasteiger partial charge in [-0.3, -0.25) is 0 Å². The van der Waals surface area contributed by atoms with Crippen molar-refractivity contribution in [1.29, 1.82) is 0 Å². The lowest BCUT2D eigenvalue weighted by Gasteiger charge is -2.23. The molecule has 0 fully saturated rings. The lowest BCUT2D eigenvalue weighted by molar-refractivity contribution is 0.0357. The molecule has 0 saturated carbocycles. The van der Waals surface area contributed by atoms with Gasteiger partial charge in [0.2, 0.25) is 0 Å². The number of hydrogen-bond donors (Lipinski definition) is 3. The van der Waals surface area contributed by atoms with Crippen LogP contribution in [0.1, 0.15) is 39.4 Å². The minimum Gasteiger partial charge on any atom is -0.388 e. The van der Waals surface area contributed by atoms with Crippen molar-refractivity contribution < 1.29 is 9.84 Å². The number of methoxy groups -OCH3 is 1. The lowest BCUT2D eigenvalue weighted by atomic mass is 10.0. The number of anilines is 2. The summed E-state index contributed by atoms with van der Waals surface area (Å²) in [5.74, 6) is 2.37. The molecule has 0 aliphatic rings. The first-order valence-corrected chi connectivity index (χ1v) is 7.57. The molecule has 0 aromatic carbocycles. The molecule has 0 amide bonds. The van der Waals surface area contributed by atoms with Crippen molar-refractivity contribution in [2.75, 3.05) is 37.4 Å². The lowest BCUT2D eigenvalue weighted by Crippen LogP contribution is -2.35. The highest BCUT2D eigenvalue weighted by molar-refractivity contribution is 5.47. The zero-order valence-corrected chi connectivity index (χ0v) is 13.6. The third kappa shape index (κ3) is 6.73. The maximum atomic E-state index is 10.3. The molecule has 0 aliphatic heterocycles. The second kappa shape index (κ2) is 8.79. The van der Waals surface area contributed by atoms with Gasteiger partial charge in [0.25, 0.3) is 0 Å². The Morgan fingerprint density at radius 1 is 1.24 bits per heavy atom. The molecule has 0 radical (unpaired) electrons. The summed E-state index contributed by atoms with van der Waals surface area (Å²) in [5.41, 5.74) is -0.829. The van der Waals surface area contributed by atoms with Crippen LogP contribution in [0.5, 0.6) is 0 Å². The molecule has 1 aromatic heterocycles. The van der Waals surface area contributed by atoms with Crippen LogP contribution in [0.2, 0.25) is 0 Å². The molecule has 21 heavy (non-hydrogen) atoms. The zero-order chi connectivity index (χ0) is 15.7. The average molecular weight is 296 g/mol. The van der Waals surface area contributed by atoms with E-state index in [1.807, 2.05) is 13.0 Å². The number of hydrogen-bond acceptors (Lipinski definition) is 6. The molecule has 1 aromatic rings. The minimum absolute atomic E-state index is 0.421. The van der Waals surface area contributed by atoms with Crippen LogP contribution in [0.4, 0.5) is 11.6 Å². The molecular weight excluding hydrogens is 268 g/mol. The van der Waals surface area contributed by atoms with Crippen LogP contribution < -0.4 is 10.6 Å². The molecule has 1 unspecified atom stereocenters. The molecule has 3 N–H and O–H groups in total. The summed E-state index contributed by atoms with van der Waals surface area (Å²) in [6.45, 7) is 7.69. The smallest absolute Gasteiger partial charge is 0.133 e. The van der Waals surface area contributed by atoms with Gasteiger partial charge < -0.3 is 20.5 Å². The van der Waals surface area contributed by atoms with Gasteiger partial charge in [0, 0.05) is 45.7 Å². The van der Waals surface area contributed by atoms with Gasteiger partial charge in [-0.1, -0.05) is 6.92 Å². The fourth-order valence-corrected chi connectivity index (χ4v) is 1.89. The van der Waals surface area contributed by atoms with Gasteiger partial charge in [-0.05, 0) is 20.3 Å². The fraction of sp³-hybridized carbons (Fsp3) is 0.733. The highest BCUT2D eigenvalue weighted by atomic mass is 16.5. The van der Waals surface area contributed by atoms with Crippen LogP contribution >= 0.6 is 0 Å². The molecule has 0 aliphatic carbocycles. The Morgan fingerprint density at radius 3 is 2.48 bits per heavy atom. The third-order valence-electron chi connectivity index (χ3n) is 3.10. The van der Waals surface area contributed by atoms with E-state index in [1.54, 1.807) is 14.0 Å². The number of ether oxygens (including phenoxy) is 1. The Labute approximate surface area is 127 Å². The molecular formula is C15H28N4O2. The fourth-order valence-electron chi connectivity index (χ4n) is 1.89. The van der Waals surface area contributed by atoms with Crippen molar-refractivity contribution in [3.05, 3.63) is 11.9 Å². The first-order chi connectivity index (χ1) is 10.0. The predicted molar refractivity (Wildman–Crippen MR) is 85.8 cm³/mol. The van der Waals surface area contributed by atoms with Gasteiger partial charge in [-0.2, -0.15) is 0 Å². The van der Waals surface area contributed by atoms with Crippen LogP contribution in [0.25, 0.3) is 0 Å². The van der Waals surface area contributed by atoms with E-state index in [9.17, 15) is 5.11 Å². The largest absolute Gasteiger partial charge is 0.388 e. The topological polar surface area (TPSA) is 79.3 Å². The van der Waals surface area contributed by atoms with Gasteiger partial charge in [0.1, 0.15) is 17.5 Å². The van der Waals surface area contributed by atoms with E-state index in [2.05, 4.69) is 27.5 Å². The predicted octanol–water partition coefficient (Wildman–Crippen LogP) is 2.06. The van der Waals surface area contributed by atoms with E-state index >= 15 is 0 Å². The van der Waals surface area contributed by atoms with Crippen molar-refractivity contribution in [1.82, 2.24) is 9.97 Å². The summed E-state index contributed by atoms with van der Waals surface area (Å²) in [7, 11) is 1.63. The Kier molecular flexibility index (Phi) is 7.39. The van der Waals surface area contributed by atoms with Crippen LogP contribution in [0.3, 0.4) is 0 Å². The van der Waals surface area contributed by atoms with Crippen molar-refractivity contribution in [2.45, 2.75) is 45.6 Å². The summed E-state index contributed by atoms with van der Waals surface area (Å²) in [6.07, 6.45) is 2.41. The molecule has 0 bridgehead atoms. The first kappa shape index (κ1) is 17.7. The van der Waals surface area contributed by atoms with Gasteiger partial charge in [-0.15, -0.1) is 0 Å². The van der Waals surface area contributed by atoms with Crippen LogP contribution in [-0.4, -0.2) is 47.5 Å². The molecule has 120 valence electrons. The zero-order valence-electron chi connectivity index (χ0n) is 13.6. The van der Waals surface area contributed by atoms with Crippen molar-refractivity contribution in [3.63, 3.8) is 0 Å². The quantitative estimate of drug-likeness (QED) is 0.613. The highest BCUT2D eigenvalue weighted by Crippen LogP contribution is 2.15. The molecule has 1 rings (SSSR count). The van der Waals surface area contributed by atoms with E-state index in [1.165, 1.54) is 0 Å². The molecule has 6 heteroatoms. The van der Waals surface area contributed by atoms with Crippen molar-refractivity contribution >= 4 is 11.6 Å². The van der Waals surface area contributed by atoms with Crippen LogP contribution in [0.15, 0.2) is 6.07 Å². The van der Waals surface area contributed by atoms with Gasteiger partial charge in [0.05, 0.1) is 5.60 Å². The minimum atomic E-state index is -0.829. The summed E-state index contributed by atoms with van der Waals surface area (Å²) in [5, 5.41) is 16.7. The van der Waals surface area contributed by atoms with Crippen molar-refractivity contribution in [3.8, 4) is 0 Å². The highest BCUT2D eigenvalue weighted by Gasteiger charge is 2.20. The number of nitrogens with zero attached hydrogens (tertiary/aromatic N) is 2. The number of aliphatic hydroxyl groups is 1. The Bertz CT molecular complexity index is 400. The van der Waals surface area contributed by atoms with E-state index in [0.717, 1.165) is 36.8 Å². The molecule has 1 heterocycles. The maximum Gasteiger partial charge on any atom is 0.133 e. The Hall–Kier alpha value is -1.40. The number of aryl methyl sites for hydroxylation is 1. The van der Waals surface area contributed by atoms with Gasteiger partial charge >= 0.3 is 0 Å². The molecule has 6 nitrogen and oxygen atoms in total. The Morgan fingerprint density at radius 2 is 1.90 bits per heavy atom. The van der Waals surface area contributed by atoms with Crippen LogP contribution in [0, 0.1) is 0 Å². The summed E-state index contributed by atoms with van der Waals surface area (Å²) in [4.78, 5) is 8.95. The summed E-state index contributed by atoms with van der Waals surface area (Å²) >= 11 is 0. The number of aromatic nitrogens is 2. The maximum absolute atomic E-state index is 10.3. The second-order valence-electron chi connectivity index (χ2n) is 5.43. The van der Waals surface area contributed by atoms with Gasteiger partial charge in [-0.25, -0.2) is 9.97 Å². The molecule has 0 saturated heterocycles. The van der Waals surface area contributed by atoms with E-state index in [-0.39, 0.29) is 0 Å². The SMILES string of the molecule is CCCc1nc(NCC)cc(NCC(C)(O)CCOC)n1. The monoisotopic (exact) mass is 296 g/mol. The molecule has 0 spiro atoms. The standard InChI is InChI=1S/C15H28N4O2/c1-5-7-12-18-13(16-6-2)10-14(19-12)17-11-15(3,20)8-9-21-4/h10,20H,5-9,11H2,1-4H3,(H2,16,17,18,19). The normalized spacial score (nSPS) is 13.8. The van der Waals surface area contributed by atoms with E-state index in [4.69, 9.17) is 4.74 Å². The molecule has 1 atom stereocenters. The number of rotatable bonds is 10. The van der Waals surface area contributed by atoms with Gasteiger partial charge in [0.15, 0.2) is 0 Å². The average Bonchev–Trinajstić information content (AvgIpc) is 2.44. The number of nitrogens with one attached hydrogen (secondary N) is 2. The van der Waals surface area contributed by atoms with Crippen LogP contribution in [-0.2, 0) is 11.2 Å². The third-order valence-corrected chi connectivity index (χ3v) is 3.10. The summed E-state index contributed by atoms with van der Waals surface area (Å²) < 4.78 is 5.01. The van der Waals surface area contributed by atoms with E-state index < -0.39 is 5.60 Å². The van der Waals surface area contributed by atoms with Crippen molar-refractivity contribution in [2.24, 2.45) is 0 Å². The Balaban J connectivity index is 2.72. The first-order valence-electron chi connectivity index (χ1n) is 7.57. The summed E-state index contributed by atoms with van der Waals surface area (Å²) in [6, 6.07) is 1.87.